The largest absolute Gasteiger partial charge is 0.370 e. The van der Waals surface area contributed by atoms with E-state index in [0.717, 1.165) is 19.0 Å². The van der Waals surface area contributed by atoms with Crippen LogP contribution in [0.4, 0.5) is 0 Å². The fourth-order valence-corrected chi connectivity index (χ4v) is 2.62. The molecule has 0 N–H and O–H groups in total. The monoisotopic (exact) mass is 214 g/mol. The van der Waals surface area contributed by atoms with Crippen molar-refractivity contribution in [1.29, 1.82) is 0 Å². The molecular weight excluding hydrogens is 200 g/mol. The van der Waals surface area contributed by atoms with Crippen molar-refractivity contribution in [3.8, 4) is 0 Å². The maximum absolute atomic E-state index is 5.23. The number of allylic oxidation sites excluding steroid dienone is 5. The number of ether oxygens (including phenoxy) is 1. The normalized spacial score (nSPS) is 15.6. The summed E-state index contributed by atoms with van der Waals surface area (Å²) in [5, 5.41) is 0. The molecule has 0 aliphatic heterocycles. The van der Waals surface area contributed by atoms with Crippen LogP contribution in [0.5, 0.6) is 0 Å². The molecule has 0 unspecified atom stereocenters. The van der Waals surface area contributed by atoms with Gasteiger partial charge in [-0.05, 0) is 19.4 Å². The van der Waals surface area contributed by atoms with E-state index < -0.39 is 0 Å². The van der Waals surface area contributed by atoms with Gasteiger partial charge in [0.1, 0.15) is 5.94 Å². The van der Waals surface area contributed by atoms with Crippen LogP contribution >= 0.6 is 21.6 Å². The predicted molar refractivity (Wildman–Crippen MR) is 62.7 cm³/mol. The van der Waals surface area contributed by atoms with E-state index >= 15 is 0 Å². The second-order valence-corrected chi connectivity index (χ2v) is 4.76. The predicted octanol–water partition coefficient (Wildman–Crippen LogP) is 3.76. The third-order valence-corrected chi connectivity index (χ3v) is 3.51. The highest BCUT2D eigenvalue weighted by Gasteiger charge is 1.95. The van der Waals surface area contributed by atoms with Gasteiger partial charge in [-0.2, -0.15) is 0 Å². The van der Waals surface area contributed by atoms with Crippen LogP contribution in [0.25, 0.3) is 0 Å². The third-order valence-electron chi connectivity index (χ3n) is 1.44. The summed E-state index contributed by atoms with van der Waals surface area (Å²) in [6, 6.07) is 0. The second-order valence-electron chi connectivity index (χ2n) is 2.45. The standard InChI is InChI=1S/C10H14OS2/c1-2-11-9-12-13-10-7-5-3-4-6-8-10/h3,5-8H,2,4,9H2,1H3. The lowest BCUT2D eigenvalue weighted by Crippen LogP contribution is -1.85. The Labute approximate surface area is 87.7 Å². The van der Waals surface area contributed by atoms with Gasteiger partial charge >= 0.3 is 0 Å². The van der Waals surface area contributed by atoms with Gasteiger partial charge in [0.15, 0.2) is 0 Å². The summed E-state index contributed by atoms with van der Waals surface area (Å²) < 4.78 is 5.23. The van der Waals surface area contributed by atoms with Gasteiger partial charge < -0.3 is 4.74 Å². The number of hydrogen-bond donors (Lipinski definition) is 0. The molecule has 0 aromatic carbocycles. The van der Waals surface area contributed by atoms with Crippen LogP contribution in [-0.2, 0) is 4.74 Å². The zero-order chi connectivity index (χ0) is 9.36. The van der Waals surface area contributed by atoms with Gasteiger partial charge in [-0.3, -0.25) is 0 Å². The Balaban J connectivity index is 2.19. The minimum atomic E-state index is 0.760. The highest BCUT2D eigenvalue weighted by atomic mass is 33.1. The summed E-state index contributed by atoms with van der Waals surface area (Å²) >= 11 is 0. The molecule has 0 aromatic rings. The number of rotatable bonds is 5. The third kappa shape index (κ3) is 5.24. The summed E-state index contributed by atoms with van der Waals surface area (Å²) in [5.41, 5.74) is 0. The number of hydrogen-bond acceptors (Lipinski definition) is 3. The van der Waals surface area contributed by atoms with E-state index in [1.54, 1.807) is 21.6 Å². The molecule has 0 amide bonds. The van der Waals surface area contributed by atoms with E-state index in [4.69, 9.17) is 4.74 Å². The quantitative estimate of drug-likeness (QED) is 0.392. The van der Waals surface area contributed by atoms with E-state index in [1.807, 2.05) is 6.92 Å². The van der Waals surface area contributed by atoms with Crippen molar-refractivity contribution < 1.29 is 4.74 Å². The van der Waals surface area contributed by atoms with E-state index in [9.17, 15) is 0 Å². The summed E-state index contributed by atoms with van der Waals surface area (Å²) in [6.07, 6.45) is 11.7. The summed E-state index contributed by atoms with van der Waals surface area (Å²) in [5.74, 6) is 0.760. The lowest BCUT2D eigenvalue weighted by atomic mass is 10.4. The second kappa shape index (κ2) is 7.30. The van der Waals surface area contributed by atoms with Crippen LogP contribution in [0.15, 0.2) is 35.3 Å². The van der Waals surface area contributed by atoms with Crippen LogP contribution in [0, 0.1) is 0 Å². The highest BCUT2D eigenvalue weighted by molar-refractivity contribution is 8.78. The molecule has 0 bridgehead atoms. The van der Waals surface area contributed by atoms with Crippen LogP contribution in [0.1, 0.15) is 13.3 Å². The minimum Gasteiger partial charge on any atom is -0.370 e. The van der Waals surface area contributed by atoms with E-state index in [1.165, 1.54) is 4.91 Å². The van der Waals surface area contributed by atoms with Crippen molar-refractivity contribution in [2.75, 3.05) is 12.5 Å². The van der Waals surface area contributed by atoms with Crippen molar-refractivity contribution in [3.63, 3.8) is 0 Å². The molecule has 0 radical (unpaired) electrons. The average Bonchev–Trinajstić information content (AvgIpc) is 2.41. The summed E-state index contributed by atoms with van der Waals surface area (Å²) in [6.45, 7) is 2.81. The van der Waals surface area contributed by atoms with Gasteiger partial charge in [0.25, 0.3) is 0 Å². The first-order valence-corrected chi connectivity index (χ1v) is 6.66. The Morgan fingerprint density at radius 1 is 1.46 bits per heavy atom. The van der Waals surface area contributed by atoms with Gasteiger partial charge in [0, 0.05) is 11.5 Å². The van der Waals surface area contributed by atoms with Gasteiger partial charge in [0.05, 0.1) is 0 Å². The fourth-order valence-electron chi connectivity index (χ4n) is 0.825. The molecule has 72 valence electrons. The van der Waals surface area contributed by atoms with Crippen molar-refractivity contribution >= 4 is 21.6 Å². The molecule has 13 heavy (non-hydrogen) atoms. The first-order valence-electron chi connectivity index (χ1n) is 4.34. The Hall–Kier alpha value is -0.120. The first-order chi connectivity index (χ1) is 6.43. The molecular formula is C10H14OS2. The summed E-state index contributed by atoms with van der Waals surface area (Å²) in [7, 11) is 3.50. The molecule has 0 saturated carbocycles. The molecule has 0 heterocycles. The van der Waals surface area contributed by atoms with Crippen LogP contribution in [-0.4, -0.2) is 12.5 Å². The lowest BCUT2D eigenvalue weighted by molar-refractivity contribution is 0.200. The molecule has 1 aliphatic carbocycles. The summed E-state index contributed by atoms with van der Waals surface area (Å²) in [4.78, 5) is 1.29. The maximum atomic E-state index is 5.23. The minimum absolute atomic E-state index is 0.760. The first kappa shape index (κ1) is 11.0. The molecule has 0 saturated heterocycles. The van der Waals surface area contributed by atoms with E-state index in [0.29, 0.717) is 0 Å². The van der Waals surface area contributed by atoms with E-state index in [2.05, 4.69) is 30.4 Å². The fraction of sp³-hybridized carbons (Fsp3) is 0.400. The topological polar surface area (TPSA) is 9.23 Å². The maximum Gasteiger partial charge on any atom is 0.102 e. The van der Waals surface area contributed by atoms with Gasteiger partial charge in [-0.15, -0.1) is 0 Å². The molecule has 0 atom stereocenters. The Kier molecular flexibility index (Phi) is 6.15. The Bertz CT molecular complexity index is 219. The van der Waals surface area contributed by atoms with Gasteiger partial charge in [-0.25, -0.2) is 0 Å². The van der Waals surface area contributed by atoms with Crippen LogP contribution in [0.3, 0.4) is 0 Å². The SMILES string of the molecule is CCOCSSC1=CC=CCC=C1. The van der Waals surface area contributed by atoms with Gasteiger partial charge in [0.2, 0.25) is 0 Å². The Morgan fingerprint density at radius 3 is 3.23 bits per heavy atom. The van der Waals surface area contributed by atoms with Crippen molar-refractivity contribution in [1.82, 2.24) is 0 Å². The molecule has 0 aromatic heterocycles. The smallest absolute Gasteiger partial charge is 0.102 e. The molecule has 1 nitrogen and oxygen atoms in total. The van der Waals surface area contributed by atoms with Crippen molar-refractivity contribution in [3.05, 3.63) is 35.3 Å². The average molecular weight is 214 g/mol. The van der Waals surface area contributed by atoms with E-state index in [-0.39, 0.29) is 0 Å². The zero-order valence-corrected chi connectivity index (χ0v) is 9.37. The highest BCUT2D eigenvalue weighted by Crippen LogP contribution is 2.31. The lowest BCUT2D eigenvalue weighted by Gasteiger charge is -2.00. The van der Waals surface area contributed by atoms with Crippen LogP contribution in [0.2, 0.25) is 0 Å². The Morgan fingerprint density at radius 2 is 2.38 bits per heavy atom. The van der Waals surface area contributed by atoms with Crippen molar-refractivity contribution in [2.45, 2.75) is 13.3 Å². The van der Waals surface area contributed by atoms with Crippen molar-refractivity contribution in [2.24, 2.45) is 0 Å². The molecule has 1 rings (SSSR count). The molecule has 1 aliphatic rings. The molecule has 3 heteroatoms. The van der Waals surface area contributed by atoms with Crippen LogP contribution < -0.4 is 0 Å². The van der Waals surface area contributed by atoms with Gasteiger partial charge in [-0.1, -0.05) is 45.9 Å². The zero-order valence-electron chi connectivity index (χ0n) is 7.73. The molecule has 0 fully saturated rings. The molecule has 0 spiro atoms.